The highest BCUT2D eigenvalue weighted by Crippen LogP contribution is 2.16. The van der Waals surface area contributed by atoms with E-state index in [4.69, 9.17) is 27.0 Å². The maximum absolute atomic E-state index is 10.6. The number of carboxylic acids is 1. The molecule has 8 N–H and O–H groups in total. The molecule has 0 spiro atoms. The minimum absolute atomic E-state index is 0.117. The first-order valence-corrected chi connectivity index (χ1v) is 10.7. The second-order valence-electron chi connectivity index (χ2n) is 6.90. The van der Waals surface area contributed by atoms with Crippen LogP contribution < -0.4 is 27.3 Å². The summed E-state index contributed by atoms with van der Waals surface area (Å²) in [5.74, 6) is -0.150. The molecule has 2 rings (SSSR count). The predicted molar refractivity (Wildman–Crippen MR) is 130 cm³/mol. The molecule has 1 amide bonds. The molecule has 0 heterocycles. The van der Waals surface area contributed by atoms with Crippen LogP contribution in [0.15, 0.2) is 48.5 Å². The summed E-state index contributed by atoms with van der Waals surface area (Å²) in [5.41, 5.74) is 18.3. The summed E-state index contributed by atoms with van der Waals surface area (Å²) in [6, 6.07) is 13.8. The van der Waals surface area contributed by atoms with Gasteiger partial charge in [-0.25, -0.2) is 0 Å². The molecule has 0 saturated heterocycles. The number of carbonyl (C=O) groups is 3. The molecule has 0 unspecified atom stereocenters. The number of aldehydes is 1. The summed E-state index contributed by atoms with van der Waals surface area (Å²) >= 11 is 0. The molecule has 0 fully saturated rings. The lowest BCUT2D eigenvalue weighted by Crippen LogP contribution is -2.29. The van der Waals surface area contributed by atoms with Crippen molar-refractivity contribution in [3.8, 4) is 5.75 Å². The average molecular weight is 461 g/mol. The normalized spacial score (nSPS) is 10.5. The third-order valence-corrected chi connectivity index (χ3v) is 4.15. The number of unbranched alkanes of at least 4 members (excludes halogenated alkanes) is 1. The molecule has 33 heavy (non-hydrogen) atoms. The fourth-order valence-corrected chi connectivity index (χ4v) is 2.45. The highest BCUT2D eigenvalue weighted by atomic mass is 16.5. The van der Waals surface area contributed by atoms with Gasteiger partial charge in [-0.15, -0.1) is 0 Å². The Morgan fingerprint density at radius 2 is 1.73 bits per heavy atom. The molecule has 0 aliphatic heterocycles. The van der Waals surface area contributed by atoms with Crippen LogP contribution in [0.3, 0.4) is 0 Å². The fourth-order valence-electron chi connectivity index (χ4n) is 2.45. The monoisotopic (exact) mass is 460 g/mol. The van der Waals surface area contributed by atoms with E-state index >= 15 is 0 Å². The van der Waals surface area contributed by atoms with Crippen LogP contribution in [0.25, 0.3) is 0 Å². The van der Waals surface area contributed by atoms with Gasteiger partial charge < -0.3 is 32.4 Å². The Kier molecular flexibility index (Phi) is 16.5. The highest BCUT2D eigenvalue weighted by Gasteiger charge is 2.09. The van der Waals surface area contributed by atoms with E-state index in [0.717, 1.165) is 30.4 Å². The second-order valence-corrected chi connectivity index (χ2v) is 6.90. The molecule has 0 aliphatic rings. The molecule has 9 nitrogen and oxygen atoms in total. The van der Waals surface area contributed by atoms with Gasteiger partial charge >= 0.3 is 5.97 Å². The van der Waals surface area contributed by atoms with Crippen molar-refractivity contribution >= 4 is 23.9 Å². The van der Waals surface area contributed by atoms with Gasteiger partial charge in [-0.1, -0.05) is 24.6 Å². The lowest BCUT2D eigenvalue weighted by molar-refractivity contribution is -0.138. The zero-order valence-electron chi connectivity index (χ0n) is 19.3. The van der Waals surface area contributed by atoms with Crippen LogP contribution in [0.4, 0.5) is 5.69 Å². The zero-order chi connectivity index (χ0) is 25.1. The van der Waals surface area contributed by atoms with Gasteiger partial charge in [0.1, 0.15) is 18.1 Å². The van der Waals surface area contributed by atoms with Gasteiger partial charge in [-0.05, 0) is 56.6 Å². The van der Waals surface area contributed by atoms with Crippen molar-refractivity contribution in [1.29, 1.82) is 0 Å². The smallest absolute Gasteiger partial charge is 0.320 e. The van der Waals surface area contributed by atoms with Crippen molar-refractivity contribution in [2.75, 3.05) is 18.5 Å². The molecule has 0 aromatic heterocycles. The quantitative estimate of drug-likeness (QED) is 0.266. The number of nitrogens with two attached hydrogens (primary N) is 3. The number of rotatable bonds is 10. The molecular formula is C24H36N4O5. The number of anilines is 1. The average Bonchev–Trinajstić information content (AvgIpc) is 2.80. The van der Waals surface area contributed by atoms with E-state index in [1.807, 2.05) is 31.2 Å². The van der Waals surface area contributed by atoms with Crippen LogP contribution in [0.2, 0.25) is 0 Å². The van der Waals surface area contributed by atoms with E-state index in [1.165, 1.54) is 6.92 Å². The molecular weight excluding hydrogens is 424 g/mol. The van der Waals surface area contributed by atoms with Crippen molar-refractivity contribution in [2.24, 2.45) is 17.2 Å². The zero-order valence-corrected chi connectivity index (χ0v) is 19.3. The number of carboxylic acid groups (broad SMARTS) is 1. The molecule has 0 aliphatic carbocycles. The summed E-state index contributed by atoms with van der Waals surface area (Å²) in [5, 5.41) is 10.9. The molecule has 0 saturated carbocycles. The van der Waals surface area contributed by atoms with Gasteiger partial charge in [-0.3, -0.25) is 14.4 Å². The molecule has 1 atom stereocenters. The number of amides is 1. The first kappa shape index (κ1) is 29.7. The Balaban J connectivity index is 0.000000468. The van der Waals surface area contributed by atoms with E-state index in [9.17, 15) is 14.4 Å². The number of benzene rings is 2. The maximum Gasteiger partial charge on any atom is 0.320 e. The number of carbonyl (C=O) groups excluding carboxylic acids is 2. The standard InChI is InChI=1S/C9H9NO2.C9H13NO.C6H14N2O2/c1-7(12)10-9-4-2-8(6-11)3-5-9;1-2-11-9-6-4-3-5-8(9)7-10;7-4-2-1-3-5(8)6(9)10/h2-6H,1H3,(H,10,12);3-6H,2,7,10H2,1H3;5H,1-4,7-8H2,(H,9,10)/t;;5-/m..0/s1. The van der Waals surface area contributed by atoms with Crippen LogP contribution >= 0.6 is 0 Å². The second kappa shape index (κ2) is 18.3. The van der Waals surface area contributed by atoms with Gasteiger partial charge in [0.2, 0.25) is 5.91 Å². The van der Waals surface area contributed by atoms with E-state index < -0.39 is 12.0 Å². The summed E-state index contributed by atoms with van der Waals surface area (Å²) in [7, 11) is 0. The summed E-state index contributed by atoms with van der Waals surface area (Å²) in [6.07, 6.45) is 2.93. The van der Waals surface area contributed by atoms with Crippen molar-refractivity contribution < 1.29 is 24.2 Å². The minimum atomic E-state index is -0.933. The molecule has 9 heteroatoms. The van der Waals surface area contributed by atoms with Crippen LogP contribution in [0.5, 0.6) is 5.75 Å². The lowest BCUT2D eigenvalue weighted by Gasteiger charge is -2.06. The Hall–Kier alpha value is -3.27. The third-order valence-electron chi connectivity index (χ3n) is 4.15. The van der Waals surface area contributed by atoms with E-state index in [2.05, 4.69) is 5.32 Å². The van der Waals surface area contributed by atoms with Gasteiger partial charge in [0.05, 0.1) is 6.61 Å². The Morgan fingerprint density at radius 3 is 2.21 bits per heavy atom. The summed E-state index contributed by atoms with van der Waals surface area (Å²) in [6.45, 7) is 5.24. The molecule has 2 aromatic carbocycles. The fraction of sp³-hybridized carbons (Fsp3) is 0.375. The number of para-hydroxylation sites is 1. The summed E-state index contributed by atoms with van der Waals surface area (Å²) in [4.78, 5) is 31.0. The van der Waals surface area contributed by atoms with Crippen LogP contribution in [0.1, 0.15) is 49.0 Å². The van der Waals surface area contributed by atoms with Gasteiger partial charge in [0.25, 0.3) is 0 Å². The van der Waals surface area contributed by atoms with Crippen LogP contribution in [0, 0.1) is 0 Å². The number of hydrogen-bond acceptors (Lipinski definition) is 7. The number of hydrogen-bond donors (Lipinski definition) is 5. The van der Waals surface area contributed by atoms with Crippen molar-refractivity contribution in [3.05, 3.63) is 59.7 Å². The first-order chi connectivity index (χ1) is 15.8. The van der Waals surface area contributed by atoms with Gasteiger partial charge in [-0.2, -0.15) is 0 Å². The Morgan fingerprint density at radius 1 is 1.09 bits per heavy atom. The van der Waals surface area contributed by atoms with E-state index in [0.29, 0.717) is 37.4 Å². The predicted octanol–water partition coefficient (Wildman–Crippen LogP) is 2.53. The number of ether oxygens (including phenoxy) is 1. The molecule has 0 bridgehead atoms. The van der Waals surface area contributed by atoms with Gasteiger partial charge in [0.15, 0.2) is 0 Å². The summed E-state index contributed by atoms with van der Waals surface area (Å²) < 4.78 is 5.35. The molecule has 2 aromatic rings. The van der Waals surface area contributed by atoms with E-state index in [-0.39, 0.29) is 5.91 Å². The number of aliphatic carboxylic acids is 1. The maximum atomic E-state index is 10.6. The lowest BCUT2D eigenvalue weighted by atomic mass is 10.1. The highest BCUT2D eigenvalue weighted by molar-refractivity contribution is 5.89. The van der Waals surface area contributed by atoms with Crippen molar-refractivity contribution in [1.82, 2.24) is 0 Å². The largest absolute Gasteiger partial charge is 0.494 e. The third kappa shape index (κ3) is 14.4. The molecule has 182 valence electrons. The van der Waals surface area contributed by atoms with Gasteiger partial charge in [0, 0.05) is 30.3 Å². The van der Waals surface area contributed by atoms with Crippen LogP contribution in [-0.4, -0.2) is 42.5 Å². The topological polar surface area (TPSA) is 171 Å². The molecule has 0 radical (unpaired) electrons. The first-order valence-electron chi connectivity index (χ1n) is 10.7. The Labute approximate surface area is 195 Å². The Bertz CT molecular complexity index is 828. The van der Waals surface area contributed by atoms with E-state index in [1.54, 1.807) is 24.3 Å². The van der Waals surface area contributed by atoms with Crippen LogP contribution in [-0.2, 0) is 16.1 Å². The number of nitrogens with one attached hydrogen (secondary N) is 1. The van der Waals surface area contributed by atoms with Crippen molar-refractivity contribution in [3.63, 3.8) is 0 Å². The SMILES string of the molecule is CC(=O)Nc1ccc(C=O)cc1.CCOc1ccccc1CN.NCCCC[C@H](N)C(=O)O. The minimum Gasteiger partial charge on any atom is -0.494 e. The van der Waals surface area contributed by atoms with Crippen molar-refractivity contribution in [2.45, 2.75) is 45.7 Å².